The van der Waals surface area contributed by atoms with Gasteiger partial charge in [-0.15, -0.1) is 0 Å². The molecule has 0 spiro atoms. The van der Waals surface area contributed by atoms with Crippen LogP contribution < -0.4 is 10.2 Å². The summed E-state index contributed by atoms with van der Waals surface area (Å²) in [5.74, 6) is -0.213. The minimum absolute atomic E-state index is 0.0107. The Labute approximate surface area is 149 Å². The molecule has 0 fully saturated rings. The quantitative estimate of drug-likeness (QED) is 0.665. The lowest BCUT2D eigenvalue weighted by Gasteiger charge is -2.36. The summed E-state index contributed by atoms with van der Waals surface area (Å²) in [7, 11) is -2.08. The number of amides is 1. The van der Waals surface area contributed by atoms with Gasteiger partial charge in [0.05, 0.1) is 10.0 Å². The number of nitrogens with zero attached hydrogens (tertiary/aromatic N) is 2. The number of rotatable bonds is 4. The van der Waals surface area contributed by atoms with E-state index in [-0.39, 0.29) is 22.2 Å². The number of benzene rings is 1. The van der Waals surface area contributed by atoms with Crippen LogP contribution in [0.1, 0.15) is 31.3 Å². The monoisotopic (exact) mass is 412 g/mol. The van der Waals surface area contributed by atoms with Crippen molar-refractivity contribution in [1.82, 2.24) is 15.4 Å². The summed E-state index contributed by atoms with van der Waals surface area (Å²) in [4.78, 5) is 11.5. The number of aromatic amines is 1. The van der Waals surface area contributed by atoms with Crippen molar-refractivity contribution in [2.24, 2.45) is 5.73 Å². The Balaban J connectivity index is 2.57. The number of aromatic nitrogens is 3. The van der Waals surface area contributed by atoms with Crippen LogP contribution in [0.15, 0.2) is 16.6 Å². The molecule has 1 heterocycles. The highest BCUT2D eigenvalue weighted by Gasteiger charge is 2.39. The summed E-state index contributed by atoms with van der Waals surface area (Å²) < 4.78 is 6.80. The Morgan fingerprint density at radius 3 is 2.50 bits per heavy atom. The molecule has 0 aliphatic carbocycles. The second kappa shape index (κ2) is 6.21. The first kappa shape index (κ1) is 18.5. The maximum absolute atomic E-state index is 11.5. The molecule has 1 aromatic heterocycles. The first-order valence-corrected chi connectivity index (χ1v) is 11.1. The van der Waals surface area contributed by atoms with Gasteiger partial charge in [0, 0.05) is 0 Å². The molecule has 1 amide bonds. The predicted octanol–water partition coefficient (Wildman–Crippen LogP) is 3.42. The number of nitrogens with two attached hydrogens (primary N) is 1. The SMILES string of the molecule is CC(C)(C)[Si](C)(C)Oc1ccc(O)c(-c2n[nH]nc2C(N)=O)c1Br. The number of phenolic OH excluding ortho intramolecular Hbond substituents is 1. The van der Waals surface area contributed by atoms with Gasteiger partial charge >= 0.3 is 0 Å². The van der Waals surface area contributed by atoms with Crippen molar-refractivity contribution in [2.75, 3.05) is 0 Å². The Hall–Kier alpha value is -1.87. The van der Waals surface area contributed by atoms with Gasteiger partial charge < -0.3 is 15.3 Å². The molecule has 130 valence electrons. The van der Waals surface area contributed by atoms with E-state index in [9.17, 15) is 9.90 Å². The fraction of sp³-hybridized carbons (Fsp3) is 0.400. The van der Waals surface area contributed by atoms with Crippen molar-refractivity contribution in [3.8, 4) is 22.8 Å². The van der Waals surface area contributed by atoms with E-state index in [1.807, 2.05) is 0 Å². The molecule has 7 nitrogen and oxygen atoms in total. The van der Waals surface area contributed by atoms with Crippen molar-refractivity contribution >= 4 is 30.2 Å². The highest BCUT2D eigenvalue weighted by Crippen LogP contribution is 2.45. The Morgan fingerprint density at radius 1 is 1.33 bits per heavy atom. The summed E-state index contributed by atoms with van der Waals surface area (Å²) >= 11 is 3.46. The molecule has 0 unspecified atom stereocenters. The third-order valence-corrected chi connectivity index (χ3v) is 9.40. The molecule has 1 aromatic carbocycles. The summed E-state index contributed by atoms with van der Waals surface area (Å²) in [5, 5.41) is 20.3. The standard InChI is InChI=1S/C15H21BrN4O3Si/c1-15(2,3)24(4,5)23-9-7-6-8(21)10(11(9)16)12-13(14(17)22)19-20-18-12/h6-7,21H,1-5H3,(H2,17,22)(H,18,19,20). The van der Waals surface area contributed by atoms with Crippen molar-refractivity contribution < 1.29 is 14.3 Å². The minimum Gasteiger partial charge on any atom is -0.543 e. The summed E-state index contributed by atoms with van der Waals surface area (Å²) in [6, 6.07) is 3.19. The van der Waals surface area contributed by atoms with Crippen molar-refractivity contribution in [1.29, 1.82) is 0 Å². The van der Waals surface area contributed by atoms with Crippen LogP contribution in [-0.4, -0.2) is 34.7 Å². The second-order valence-corrected chi connectivity index (χ2v) is 12.5. The van der Waals surface area contributed by atoms with Gasteiger partial charge in [-0.2, -0.15) is 15.4 Å². The van der Waals surface area contributed by atoms with Crippen LogP contribution in [0.25, 0.3) is 11.3 Å². The van der Waals surface area contributed by atoms with E-state index in [1.165, 1.54) is 6.07 Å². The van der Waals surface area contributed by atoms with Gasteiger partial charge in [-0.1, -0.05) is 20.8 Å². The molecule has 0 saturated heterocycles. The number of carbonyl (C=O) groups excluding carboxylic acids is 1. The predicted molar refractivity (Wildman–Crippen MR) is 97.5 cm³/mol. The van der Waals surface area contributed by atoms with Crippen LogP contribution in [0.2, 0.25) is 18.1 Å². The van der Waals surface area contributed by atoms with Gasteiger partial charge in [0.2, 0.25) is 0 Å². The Bertz CT molecular complexity index is 784. The fourth-order valence-electron chi connectivity index (χ4n) is 1.86. The summed E-state index contributed by atoms with van der Waals surface area (Å²) in [6.07, 6.45) is 0. The van der Waals surface area contributed by atoms with E-state index < -0.39 is 14.2 Å². The Morgan fingerprint density at radius 2 is 1.96 bits per heavy atom. The van der Waals surface area contributed by atoms with Gasteiger partial charge in [-0.3, -0.25) is 4.79 Å². The molecule has 0 radical (unpaired) electrons. The summed E-state index contributed by atoms with van der Waals surface area (Å²) in [6.45, 7) is 10.7. The van der Waals surface area contributed by atoms with Crippen molar-refractivity contribution in [3.63, 3.8) is 0 Å². The molecule has 0 aliphatic rings. The van der Waals surface area contributed by atoms with Crippen LogP contribution in [-0.2, 0) is 0 Å². The number of nitrogens with one attached hydrogen (secondary N) is 1. The number of carbonyl (C=O) groups is 1. The third-order valence-electron chi connectivity index (χ3n) is 4.27. The molecule has 2 aromatic rings. The molecule has 0 atom stereocenters. The second-order valence-electron chi connectivity index (χ2n) is 7.02. The number of primary amides is 1. The van der Waals surface area contributed by atoms with E-state index in [2.05, 4.69) is 65.2 Å². The summed E-state index contributed by atoms with van der Waals surface area (Å²) in [5.41, 5.74) is 5.75. The molecule has 4 N–H and O–H groups in total. The zero-order chi connectivity index (χ0) is 18.3. The zero-order valence-electron chi connectivity index (χ0n) is 14.3. The maximum Gasteiger partial charge on any atom is 0.271 e. The van der Waals surface area contributed by atoms with E-state index in [0.29, 0.717) is 15.8 Å². The van der Waals surface area contributed by atoms with Gasteiger partial charge in [0.15, 0.2) is 5.69 Å². The van der Waals surface area contributed by atoms with Gasteiger partial charge in [-0.05, 0) is 46.2 Å². The zero-order valence-corrected chi connectivity index (χ0v) is 16.9. The number of halogens is 1. The van der Waals surface area contributed by atoms with Gasteiger partial charge in [0.1, 0.15) is 17.2 Å². The number of phenols is 1. The smallest absolute Gasteiger partial charge is 0.271 e. The molecule has 0 bridgehead atoms. The fourth-order valence-corrected chi connectivity index (χ4v) is 3.64. The van der Waals surface area contributed by atoms with Crippen LogP contribution in [0, 0.1) is 0 Å². The van der Waals surface area contributed by atoms with Crippen molar-refractivity contribution in [3.05, 3.63) is 22.3 Å². The van der Waals surface area contributed by atoms with Crippen LogP contribution in [0.5, 0.6) is 11.5 Å². The van der Waals surface area contributed by atoms with E-state index >= 15 is 0 Å². The third kappa shape index (κ3) is 3.32. The highest BCUT2D eigenvalue weighted by molar-refractivity contribution is 9.10. The lowest BCUT2D eigenvalue weighted by molar-refractivity contribution is 0.0996. The first-order chi connectivity index (χ1) is 11.0. The highest BCUT2D eigenvalue weighted by atomic mass is 79.9. The first-order valence-electron chi connectivity index (χ1n) is 7.37. The molecule has 0 aliphatic heterocycles. The number of H-pyrrole nitrogens is 1. The molecular formula is C15H21BrN4O3Si. The topological polar surface area (TPSA) is 114 Å². The Kier molecular flexibility index (Phi) is 4.78. The molecular weight excluding hydrogens is 392 g/mol. The van der Waals surface area contributed by atoms with E-state index in [1.54, 1.807) is 6.07 Å². The normalized spacial score (nSPS) is 12.2. The number of hydrogen-bond donors (Lipinski definition) is 3. The number of aromatic hydroxyl groups is 1. The average Bonchev–Trinajstić information content (AvgIpc) is 2.90. The molecule has 9 heteroatoms. The molecule has 0 saturated carbocycles. The van der Waals surface area contributed by atoms with E-state index in [4.69, 9.17) is 10.2 Å². The van der Waals surface area contributed by atoms with Gasteiger partial charge in [0.25, 0.3) is 14.2 Å². The van der Waals surface area contributed by atoms with Crippen LogP contribution >= 0.6 is 15.9 Å². The molecule has 2 rings (SSSR count). The van der Waals surface area contributed by atoms with Crippen LogP contribution in [0.4, 0.5) is 0 Å². The largest absolute Gasteiger partial charge is 0.543 e. The molecule has 24 heavy (non-hydrogen) atoms. The lowest BCUT2D eigenvalue weighted by atomic mass is 10.1. The van der Waals surface area contributed by atoms with Crippen molar-refractivity contribution in [2.45, 2.75) is 38.9 Å². The van der Waals surface area contributed by atoms with Gasteiger partial charge in [-0.25, -0.2) is 0 Å². The average molecular weight is 413 g/mol. The van der Waals surface area contributed by atoms with E-state index in [0.717, 1.165) is 0 Å². The van der Waals surface area contributed by atoms with Crippen LogP contribution in [0.3, 0.4) is 0 Å². The minimum atomic E-state index is -2.08. The number of hydrogen-bond acceptors (Lipinski definition) is 5. The maximum atomic E-state index is 11.5. The lowest BCUT2D eigenvalue weighted by Crippen LogP contribution is -2.43.